The Balaban J connectivity index is 1.77. The second kappa shape index (κ2) is 6.88. The lowest BCUT2D eigenvalue weighted by molar-refractivity contribution is 0.000200. The lowest BCUT2D eigenvalue weighted by Crippen LogP contribution is -2.41. The second-order valence-corrected chi connectivity index (χ2v) is 6.38. The summed E-state index contributed by atoms with van der Waals surface area (Å²) in [6.07, 6.45) is 1.88. The molecule has 114 valence electrons. The Kier molecular flexibility index (Phi) is 4.68. The molecule has 1 aromatic heterocycles. The highest BCUT2D eigenvalue weighted by Gasteiger charge is 2.14. The molecule has 0 spiro atoms. The van der Waals surface area contributed by atoms with Crippen molar-refractivity contribution in [2.24, 2.45) is 0 Å². The Bertz CT molecular complexity index is 687. The van der Waals surface area contributed by atoms with Gasteiger partial charge in [0.1, 0.15) is 23.5 Å². The molecular formula is C16H17N3O2S. The normalized spacial score (nSPS) is 17.9. The Labute approximate surface area is 133 Å². The fourth-order valence-corrected chi connectivity index (χ4v) is 3.03. The second-order valence-electron chi connectivity index (χ2n) is 5.14. The van der Waals surface area contributed by atoms with Crippen molar-refractivity contribution in [3.05, 3.63) is 34.8 Å². The predicted octanol–water partition coefficient (Wildman–Crippen LogP) is 2.36. The van der Waals surface area contributed by atoms with Gasteiger partial charge in [0.15, 0.2) is 0 Å². The molecule has 3 rings (SSSR count). The van der Waals surface area contributed by atoms with E-state index >= 15 is 0 Å². The molecule has 0 amide bonds. The molecule has 1 N–H and O–H groups in total. The highest BCUT2D eigenvalue weighted by atomic mass is 32.1. The van der Waals surface area contributed by atoms with Crippen molar-refractivity contribution in [3.8, 4) is 22.4 Å². The molecule has 6 heteroatoms. The first-order chi connectivity index (χ1) is 10.7. The average Bonchev–Trinajstić information content (AvgIpc) is 3.00. The zero-order valence-corrected chi connectivity index (χ0v) is 13.2. The number of morpholine rings is 1. The number of ether oxygens (including phenoxy) is 2. The summed E-state index contributed by atoms with van der Waals surface area (Å²) in [6.45, 7) is 4.86. The van der Waals surface area contributed by atoms with E-state index in [9.17, 15) is 5.26 Å². The third kappa shape index (κ3) is 3.63. The molecule has 22 heavy (non-hydrogen) atoms. The average molecular weight is 315 g/mol. The molecule has 1 aliphatic heterocycles. The van der Waals surface area contributed by atoms with Crippen LogP contribution >= 0.6 is 11.3 Å². The molecule has 1 saturated heterocycles. The van der Waals surface area contributed by atoms with Crippen LogP contribution in [0.4, 0.5) is 0 Å². The highest BCUT2D eigenvalue weighted by Crippen LogP contribution is 2.29. The molecule has 2 aromatic rings. The van der Waals surface area contributed by atoms with Gasteiger partial charge >= 0.3 is 0 Å². The van der Waals surface area contributed by atoms with E-state index in [1.165, 1.54) is 0 Å². The smallest absolute Gasteiger partial charge is 0.123 e. The van der Waals surface area contributed by atoms with Crippen LogP contribution in [0.3, 0.4) is 0 Å². The molecule has 1 fully saturated rings. The van der Waals surface area contributed by atoms with Gasteiger partial charge in [-0.1, -0.05) is 0 Å². The number of thiazole rings is 1. The first kappa shape index (κ1) is 15.0. The molecule has 1 aliphatic rings. The maximum absolute atomic E-state index is 9.20. The van der Waals surface area contributed by atoms with Gasteiger partial charge in [-0.05, 0) is 25.1 Å². The zero-order valence-electron chi connectivity index (χ0n) is 12.3. The van der Waals surface area contributed by atoms with Crippen LogP contribution < -0.4 is 10.1 Å². The standard InChI is InChI=1S/C16H17N3O2S/c1-11-8-19-16(22-11)13-4-12(7-17)5-14(6-13)21-10-15-9-18-2-3-20-15/h4-6,8,15,18H,2-3,9-10H2,1H3. The summed E-state index contributed by atoms with van der Waals surface area (Å²) >= 11 is 1.60. The molecule has 0 radical (unpaired) electrons. The number of benzene rings is 1. The van der Waals surface area contributed by atoms with Crippen LogP contribution in [0.15, 0.2) is 24.4 Å². The fourth-order valence-electron chi connectivity index (χ4n) is 2.27. The van der Waals surface area contributed by atoms with Gasteiger partial charge in [0.25, 0.3) is 0 Å². The number of aryl methyl sites for hydroxylation is 1. The fraction of sp³-hybridized carbons (Fsp3) is 0.375. The van der Waals surface area contributed by atoms with Crippen LogP contribution in [0, 0.1) is 18.3 Å². The van der Waals surface area contributed by atoms with Gasteiger partial charge in [-0.25, -0.2) is 4.98 Å². The molecule has 1 atom stereocenters. The quantitative estimate of drug-likeness (QED) is 0.938. The molecule has 0 saturated carbocycles. The van der Waals surface area contributed by atoms with E-state index in [0.717, 1.165) is 28.5 Å². The minimum absolute atomic E-state index is 0.0463. The van der Waals surface area contributed by atoms with Gasteiger partial charge in [0.2, 0.25) is 0 Å². The number of nitriles is 1. The van der Waals surface area contributed by atoms with E-state index in [1.807, 2.05) is 25.3 Å². The SMILES string of the molecule is Cc1cnc(-c2cc(C#N)cc(OCC3CNCCO3)c2)s1. The van der Waals surface area contributed by atoms with Crippen molar-refractivity contribution in [1.29, 1.82) is 5.26 Å². The van der Waals surface area contributed by atoms with Gasteiger partial charge in [-0.2, -0.15) is 5.26 Å². The highest BCUT2D eigenvalue weighted by molar-refractivity contribution is 7.14. The summed E-state index contributed by atoms with van der Waals surface area (Å²) in [5.41, 5.74) is 1.48. The van der Waals surface area contributed by atoms with Gasteiger partial charge < -0.3 is 14.8 Å². The van der Waals surface area contributed by atoms with Crippen molar-refractivity contribution >= 4 is 11.3 Å². The maximum atomic E-state index is 9.20. The summed E-state index contributed by atoms with van der Waals surface area (Å²) in [7, 11) is 0. The minimum atomic E-state index is 0.0463. The van der Waals surface area contributed by atoms with Crippen molar-refractivity contribution in [3.63, 3.8) is 0 Å². The van der Waals surface area contributed by atoms with Gasteiger partial charge in [-0.3, -0.25) is 0 Å². The Morgan fingerprint density at radius 2 is 2.41 bits per heavy atom. The molecule has 0 bridgehead atoms. The molecular weight excluding hydrogens is 298 g/mol. The summed E-state index contributed by atoms with van der Waals surface area (Å²) in [6, 6.07) is 7.69. The molecule has 5 nitrogen and oxygen atoms in total. The third-order valence-corrected chi connectivity index (χ3v) is 4.31. The van der Waals surface area contributed by atoms with E-state index in [0.29, 0.717) is 24.5 Å². The maximum Gasteiger partial charge on any atom is 0.123 e. The number of hydrogen-bond acceptors (Lipinski definition) is 6. The number of aromatic nitrogens is 1. The van der Waals surface area contributed by atoms with E-state index in [1.54, 1.807) is 17.4 Å². The number of nitrogens with zero attached hydrogens (tertiary/aromatic N) is 2. The lowest BCUT2D eigenvalue weighted by atomic mass is 10.1. The van der Waals surface area contributed by atoms with Crippen LogP contribution in [0.25, 0.3) is 10.6 Å². The summed E-state index contributed by atoms with van der Waals surface area (Å²) in [5, 5.41) is 13.4. The monoisotopic (exact) mass is 315 g/mol. The number of hydrogen-bond donors (Lipinski definition) is 1. The Morgan fingerprint density at radius 3 is 3.09 bits per heavy atom. The van der Waals surface area contributed by atoms with Crippen LogP contribution in [0.1, 0.15) is 10.4 Å². The van der Waals surface area contributed by atoms with Gasteiger partial charge in [-0.15, -0.1) is 11.3 Å². The summed E-state index contributed by atoms with van der Waals surface area (Å²) < 4.78 is 11.4. The lowest BCUT2D eigenvalue weighted by Gasteiger charge is -2.23. The van der Waals surface area contributed by atoms with Gasteiger partial charge in [0.05, 0.1) is 18.2 Å². The molecule has 0 aliphatic carbocycles. The van der Waals surface area contributed by atoms with E-state index in [2.05, 4.69) is 16.4 Å². The van der Waals surface area contributed by atoms with Crippen LogP contribution in [0.5, 0.6) is 5.75 Å². The third-order valence-electron chi connectivity index (χ3n) is 3.34. The number of nitrogens with one attached hydrogen (secondary N) is 1. The first-order valence-corrected chi connectivity index (χ1v) is 7.99. The molecule has 1 aromatic carbocycles. The minimum Gasteiger partial charge on any atom is -0.491 e. The van der Waals surface area contributed by atoms with Crippen molar-refractivity contribution < 1.29 is 9.47 Å². The Hall–Kier alpha value is -1.94. The zero-order chi connectivity index (χ0) is 15.4. The van der Waals surface area contributed by atoms with E-state index < -0.39 is 0 Å². The summed E-state index contributed by atoms with van der Waals surface area (Å²) in [5.74, 6) is 0.677. The predicted molar refractivity (Wildman–Crippen MR) is 85.1 cm³/mol. The van der Waals surface area contributed by atoms with E-state index in [-0.39, 0.29) is 6.10 Å². The van der Waals surface area contributed by atoms with Crippen molar-refractivity contribution in [2.45, 2.75) is 13.0 Å². The van der Waals surface area contributed by atoms with Crippen LogP contribution in [0.2, 0.25) is 0 Å². The first-order valence-electron chi connectivity index (χ1n) is 7.18. The topological polar surface area (TPSA) is 67.2 Å². The molecule has 2 heterocycles. The summed E-state index contributed by atoms with van der Waals surface area (Å²) in [4.78, 5) is 5.51. The molecule has 1 unspecified atom stereocenters. The van der Waals surface area contributed by atoms with Crippen molar-refractivity contribution in [2.75, 3.05) is 26.3 Å². The van der Waals surface area contributed by atoms with Gasteiger partial charge in [0, 0.05) is 29.7 Å². The van der Waals surface area contributed by atoms with Crippen LogP contribution in [-0.4, -0.2) is 37.4 Å². The van der Waals surface area contributed by atoms with Crippen molar-refractivity contribution in [1.82, 2.24) is 10.3 Å². The number of rotatable bonds is 4. The van der Waals surface area contributed by atoms with Crippen LogP contribution in [-0.2, 0) is 4.74 Å². The van der Waals surface area contributed by atoms with E-state index in [4.69, 9.17) is 9.47 Å². The largest absolute Gasteiger partial charge is 0.491 e. The Morgan fingerprint density at radius 1 is 1.50 bits per heavy atom.